The number of rotatable bonds is 7. The van der Waals surface area contributed by atoms with E-state index in [-0.39, 0.29) is 12.5 Å². The third-order valence-electron chi connectivity index (χ3n) is 4.16. The van der Waals surface area contributed by atoms with Crippen molar-refractivity contribution in [3.63, 3.8) is 0 Å². The van der Waals surface area contributed by atoms with Crippen molar-refractivity contribution in [2.45, 2.75) is 26.8 Å². The van der Waals surface area contributed by atoms with Gasteiger partial charge in [-0.1, -0.05) is 26.0 Å². The van der Waals surface area contributed by atoms with E-state index in [0.29, 0.717) is 23.1 Å². The number of carbonyl (C=O) groups excluding carboxylic acids is 1. The van der Waals surface area contributed by atoms with Crippen LogP contribution in [0.1, 0.15) is 35.6 Å². The van der Waals surface area contributed by atoms with Gasteiger partial charge < -0.3 is 10.1 Å². The highest BCUT2D eigenvalue weighted by Crippen LogP contribution is 2.19. The summed E-state index contributed by atoms with van der Waals surface area (Å²) >= 11 is 0. The zero-order valence-electron chi connectivity index (χ0n) is 15.8. The van der Waals surface area contributed by atoms with Crippen molar-refractivity contribution in [3.8, 4) is 17.1 Å². The molecule has 0 saturated carbocycles. The Morgan fingerprint density at radius 3 is 2.44 bits per heavy atom. The summed E-state index contributed by atoms with van der Waals surface area (Å²) in [4.78, 5) is 16.7. The minimum absolute atomic E-state index is 0.131. The molecule has 0 aliphatic rings. The molecule has 1 amide bonds. The van der Waals surface area contributed by atoms with Crippen LogP contribution in [0.25, 0.3) is 11.4 Å². The number of aromatic amines is 1. The van der Waals surface area contributed by atoms with Crippen LogP contribution < -0.4 is 10.1 Å². The van der Waals surface area contributed by atoms with Crippen LogP contribution in [0.3, 0.4) is 0 Å². The Hall–Kier alpha value is -3.15. The smallest absolute Gasteiger partial charge is 0.251 e. The van der Waals surface area contributed by atoms with Gasteiger partial charge >= 0.3 is 0 Å². The first-order valence-electron chi connectivity index (χ1n) is 8.98. The lowest BCUT2D eigenvalue weighted by Gasteiger charge is -2.07. The minimum atomic E-state index is -0.131. The van der Waals surface area contributed by atoms with Gasteiger partial charge in [-0.25, -0.2) is 4.98 Å². The summed E-state index contributed by atoms with van der Waals surface area (Å²) in [7, 11) is 1.63. The van der Waals surface area contributed by atoms with Crippen LogP contribution in [-0.4, -0.2) is 28.2 Å². The minimum Gasteiger partial charge on any atom is -0.497 e. The molecule has 1 aromatic heterocycles. The summed E-state index contributed by atoms with van der Waals surface area (Å²) in [5, 5.41) is 9.93. The van der Waals surface area contributed by atoms with E-state index >= 15 is 0 Å². The number of aromatic nitrogens is 3. The zero-order valence-corrected chi connectivity index (χ0v) is 15.8. The van der Waals surface area contributed by atoms with Gasteiger partial charge in [0.15, 0.2) is 5.82 Å². The molecule has 2 N–H and O–H groups in total. The van der Waals surface area contributed by atoms with Gasteiger partial charge in [0, 0.05) is 11.1 Å². The van der Waals surface area contributed by atoms with Crippen molar-refractivity contribution >= 4 is 5.91 Å². The maximum atomic E-state index is 12.3. The molecular weight excluding hydrogens is 340 g/mol. The molecule has 6 heteroatoms. The van der Waals surface area contributed by atoms with Gasteiger partial charge in [-0.2, -0.15) is 5.10 Å². The van der Waals surface area contributed by atoms with Crippen LogP contribution in [-0.2, 0) is 13.0 Å². The van der Waals surface area contributed by atoms with E-state index in [1.807, 2.05) is 48.5 Å². The highest BCUT2D eigenvalue weighted by Gasteiger charge is 2.09. The van der Waals surface area contributed by atoms with Gasteiger partial charge in [0.05, 0.1) is 13.7 Å². The lowest BCUT2D eigenvalue weighted by Crippen LogP contribution is -2.23. The summed E-state index contributed by atoms with van der Waals surface area (Å²) in [6.45, 7) is 4.65. The van der Waals surface area contributed by atoms with Crippen LogP contribution in [0.4, 0.5) is 0 Å². The molecule has 6 nitrogen and oxygen atoms in total. The number of amides is 1. The van der Waals surface area contributed by atoms with Crippen molar-refractivity contribution in [2.75, 3.05) is 7.11 Å². The first kappa shape index (κ1) is 18.6. The second kappa shape index (κ2) is 8.49. The normalized spacial score (nSPS) is 10.8. The molecule has 2 aromatic carbocycles. The van der Waals surface area contributed by atoms with E-state index in [2.05, 4.69) is 34.3 Å². The maximum absolute atomic E-state index is 12.3. The van der Waals surface area contributed by atoms with Crippen molar-refractivity contribution in [1.29, 1.82) is 0 Å². The molecule has 140 valence electrons. The van der Waals surface area contributed by atoms with Gasteiger partial charge in [0.25, 0.3) is 5.91 Å². The Labute approximate surface area is 159 Å². The second-order valence-electron chi connectivity index (χ2n) is 6.81. The quantitative estimate of drug-likeness (QED) is 0.671. The Morgan fingerprint density at radius 2 is 1.81 bits per heavy atom. The Kier molecular flexibility index (Phi) is 5.86. The number of H-pyrrole nitrogens is 1. The summed E-state index contributed by atoms with van der Waals surface area (Å²) in [6, 6.07) is 15.2. The number of hydrogen-bond acceptors (Lipinski definition) is 4. The van der Waals surface area contributed by atoms with Crippen LogP contribution in [0.15, 0.2) is 48.5 Å². The van der Waals surface area contributed by atoms with Gasteiger partial charge in [0.1, 0.15) is 11.6 Å². The summed E-state index contributed by atoms with van der Waals surface area (Å²) < 4.78 is 5.15. The summed E-state index contributed by atoms with van der Waals surface area (Å²) in [5.74, 6) is 2.43. The highest BCUT2D eigenvalue weighted by atomic mass is 16.5. The fourth-order valence-corrected chi connectivity index (χ4v) is 2.77. The first-order valence-corrected chi connectivity index (χ1v) is 8.98. The summed E-state index contributed by atoms with van der Waals surface area (Å²) in [5.41, 5.74) is 2.75. The van der Waals surface area contributed by atoms with Gasteiger partial charge in [0.2, 0.25) is 0 Å². The number of benzene rings is 2. The molecule has 0 aliphatic carbocycles. The Balaban J connectivity index is 1.58. The van der Waals surface area contributed by atoms with Gasteiger partial charge in [-0.05, 0) is 54.3 Å². The Morgan fingerprint density at radius 1 is 1.11 bits per heavy atom. The first-order chi connectivity index (χ1) is 13.0. The van der Waals surface area contributed by atoms with E-state index in [4.69, 9.17) is 4.74 Å². The number of hydrogen-bond donors (Lipinski definition) is 2. The van der Waals surface area contributed by atoms with Crippen molar-refractivity contribution in [1.82, 2.24) is 20.5 Å². The predicted octanol–water partition coefficient (Wildman–Crippen LogP) is 3.61. The van der Waals surface area contributed by atoms with Gasteiger partial charge in [-0.15, -0.1) is 0 Å². The van der Waals surface area contributed by atoms with E-state index in [0.717, 1.165) is 17.7 Å². The molecule has 27 heavy (non-hydrogen) atoms. The average Bonchev–Trinajstić information content (AvgIpc) is 3.15. The van der Waals surface area contributed by atoms with E-state index in [1.165, 1.54) is 5.56 Å². The Bertz CT molecular complexity index is 883. The maximum Gasteiger partial charge on any atom is 0.251 e. The molecule has 0 fully saturated rings. The number of carbonyl (C=O) groups is 1. The van der Waals surface area contributed by atoms with Crippen molar-refractivity contribution < 1.29 is 9.53 Å². The van der Waals surface area contributed by atoms with E-state index in [9.17, 15) is 4.79 Å². The predicted molar refractivity (Wildman–Crippen MR) is 105 cm³/mol. The fourth-order valence-electron chi connectivity index (χ4n) is 2.77. The molecule has 0 saturated heterocycles. The molecule has 0 unspecified atom stereocenters. The molecule has 3 aromatic rings. The van der Waals surface area contributed by atoms with E-state index < -0.39 is 0 Å². The molecule has 1 heterocycles. The molecule has 0 atom stereocenters. The second-order valence-corrected chi connectivity index (χ2v) is 6.81. The SMILES string of the molecule is COc1ccc(-c2n[nH]c(CNC(=O)c3ccc(CC(C)C)cc3)n2)cc1. The molecular formula is C21H24N4O2. The van der Waals surface area contributed by atoms with Crippen LogP contribution in [0.5, 0.6) is 5.75 Å². The van der Waals surface area contributed by atoms with Crippen molar-refractivity contribution in [3.05, 3.63) is 65.5 Å². The van der Waals surface area contributed by atoms with Crippen molar-refractivity contribution in [2.24, 2.45) is 5.92 Å². The molecule has 0 radical (unpaired) electrons. The van der Waals surface area contributed by atoms with Crippen LogP contribution in [0, 0.1) is 5.92 Å². The highest BCUT2D eigenvalue weighted by molar-refractivity contribution is 5.94. The topological polar surface area (TPSA) is 79.9 Å². The average molecular weight is 364 g/mol. The molecule has 0 aliphatic heterocycles. The van der Waals surface area contributed by atoms with Crippen LogP contribution in [0.2, 0.25) is 0 Å². The monoisotopic (exact) mass is 364 g/mol. The zero-order chi connectivity index (χ0) is 19.2. The lowest BCUT2D eigenvalue weighted by molar-refractivity contribution is 0.0950. The molecule has 0 spiro atoms. The molecule has 3 rings (SSSR count). The summed E-state index contributed by atoms with van der Waals surface area (Å²) in [6.07, 6.45) is 1.01. The third-order valence-corrected chi connectivity index (χ3v) is 4.16. The molecule has 0 bridgehead atoms. The third kappa shape index (κ3) is 4.94. The van der Waals surface area contributed by atoms with E-state index in [1.54, 1.807) is 7.11 Å². The standard InChI is InChI=1S/C21H24N4O2/c1-14(2)12-15-4-6-17(7-5-15)21(26)22-13-19-23-20(25-24-19)16-8-10-18(27-3)11-9-16/h4-11,14H,12-13H2,1-3H3,(H,22,26)(H,23,24,25). The number of nitrogens with zero attached hydrogens (tertiary/aromatic N) is 2. The fraction of sp³-hybridized carbons (Fsp3) is 0.286. The lowest BCUT2D eigenvalue weighted by atomic mass is 10.0. The largest absolute Gasteiger partial charge is 0.497 e. The number of methoxy groups -OCH3 is 1. The number of nitrogens with one attached hydrogen (secondary N) is 2. The number of ether oxygens (including phenoxy) is 1. The van der Waals surface area contributed by atoms with Gasteiger partial charge in [-0.3, -0.25) is 9.89 Å². The van der Waals surface area contributed by atoms with Crippen LogP contribution >= 0.6 is 0 Å².